The highest BCUT2D eigenvalue weighted by Gasteiger charge is 2.34. The minimum Gasteiger partial charge on any atom is -0.338 e. The molecule has 1 amide bonds. The Labute approximate surface area is 165 Å². The molecule has 1 saturated heterocycles. The van der Waals surface area contributed by atoms with E-state index in [4.69, 9.17) is 0 Å². The van der Waals surface area contributed by atoms with Crippen LogP contribution in [0.3, 0.4) is 0 Å². The smallest absolute Gasteiger partial charge is 0.237 e. The van der Waals surface area contributed by atoms with Crippen molar-refractivity contribution in [3.8, 4) is 0 Å². The quantitative estimate of drug-likeness (QED) is 0.617. The van der Waals surface area contributed by atoms with Crippen molar-refractivity contribution in [3.05, 3.63) is 34.3 Å². The summed E-state index contributed by atoms with van der Waals surface area (Å²) in [4.78, 5) is 16.9. The fourth-order valence-corrected chi connectivity index (χ4v) is 5.98. The summed E-state index contributed by atoms with van der Waals surface area (Å²) >= 11 is 3.60. The molecular formula is C19H29BrN2O3S. The third-order valence-corrected chi connectivity index (χ3v) is 7.53. The Bertz CT molecular complexity index is 723. The van der Waals surface area contributed by atoms with Gasteiger partial charge in [0, 0.05) is 23.1 Å². The minimum absolute atomic E-state index is 0.0157. The molecule has 0 aromatic heterocycles. The molecule has 0 N–H and O–H groups in total. The summed E-state index contributed by atoms with van der Waals surface area (Å²) < 4.78 is 24.6. The Morgan fingerprint density at radius 1 is 1.31 bits per heavy atom. The molecule has 26 heavy (non-hydrogen) atoms. The van der Waals surface area contributed by atoms with E-state index < -0.39 is 9.84 Å². The molecule has 1 aromatic rings. The van der Waals surface area contributed by atoms with E-state index in [-0.39, 0.29) is 29.5 Å². The van der Waals surface area contributed by atoms with Crippen LogP contribution >= 0.6 is 15.9 Å². The lowest BCUT2D eigenvalue weighted by Gasteiger charge is -2.33. The van der Waals surface area contributed by atoms with Crippen molar-refractivity contribution in [3.63, 3.8) is 0 Å². The van der Waals surface area contributed by atoms with Gasteiger partial charge in [-0.1, -0.05) is 41.1 Å². The second-order valence-corrected chi connectivity index (χ2v) is 9.99. The van der Waals surface area contributed by atoms with Gasteiger partial charge in [-0.25, -0.2) is 8.42 Å². The number of halogens is 1. The highest BCUT2D eigenvalue weighted by Crippen LogP contribution is 2.28. The number of carbonyl (C=O) groups is 1. The SMILES string of the molecule is CCCN(CC(=O)N(CC)C1CCS(=O)(=O)C1)C(C)c1ccccc1Br. The first-order valence-corrected chi connectivity index (χ1v) is 11.9. The summed E-state index contributed by atoms with van der Waals surface area (Å²) in [6.45, 7) is 7.80. The van der Waals surface area contributed by atoms with Crippen LogP contribution in [0, 0.1) is 0 Å². The van der Waals surface area contributed by atoms with Crippen LogP contribution in [0.2, 0.25) is 0 Å². The summed E-state index contributed by atoms with van der Waals surface area (Å²) in [5.41, 5.74) is 1.15. The first-order chi connectivity index (χ1) is 12.3. The molecule has 5 nitrogen and oxygen atoms in total. The standard InChI is InChI=1S/C19H29BrN2O3S/c1-4-11-21(15(3)17-8-6-7-9-18(17)20)13-19(23)22(5-2)16-10-12-26(24,25)14-16/h6-9,15-16H,4-5,10-14H2,1-3H3. The van der Waals surface area contributed by atoms with Crippen LogP contribution in [-0.4, -0.2) is 61.3 Å². The fraction of sp³-hybridized carbons (Fsp3) is 0.632. The van der Waals surface area contributed by atoms with Gasteiger partial charge < -0.3 is 4.90 Å². The molecule has 2 unspecified atom stereocenters. The molecular weight excluding hydrogens is 416 g/mol. The molecule has 1 aromatic carbocycles. The highest BCUT2D eigenvalue weighted by atomic mass is 79.9. The van der Waals surface area contributed by atoms with Crippen LogP contribution in [0.1, 0.15) is 45.2 Å². The summed E-state index contributed by atoms with van der Waals surface area (Å²) in [7, 11) is -3.00. The number of amides is 1. The average Bonchev–Trinajstić information content (AvgIpc) is 2.94. The molecule has 1 fully saturated rings. The van der Waals surface area contributed by atoms with Crippen molar-refractivity contribution in [2.45, 2.75) is 45.7 Å². The van der Waals surface area contributed by atoms with Gasteiger partial charge >= 0.3 is 0 Å². The van der Waals surface area contributed by atoms with E-state index in [1.165, 1.54) is 0 Å². The first kappa shape index (κ1) is 21.4. The van der Waals surface area contributed by atoms with Gasteiger partial charge in [0.1, 0.15) is 0 Å². The fourth-order valence-electron chi connectivity index (χ4n) is 3.63. The second-order valence-electron chi connectivity index (χ2n) is 6.90. The highest BCUT2D eigenvalue weighted by molar-refractivity contribution is 9.10. The first-order valence-electron chi connectivity index (χ1n) is 9.27. The number of hydrogen-bond donors (Lipinski definition) is 0. The third-order valence-electron chi connectivity index (χ3n) is 5.06. The van der Waals surface area contributed by atoms with Gasteiger partial charge in [0.05, 0.1) is 18.1 Å². The number of rotatable bonds is 8. The van der Waals surface area contributed by atoms with E-state index in [2.05, 4.69) is 40.7 Å². The van der Waals surface area contributed by atoms with Crippen molar-refractivity contribution < 1.29 is 13.2 Å². The van der Waals surface area contributed by atoms with Crippen molar-refractivity contribution in [1.82, 2.24) is 9.80 Å². The largest absolute Gasteiger partial charge is 0.338 e. The molecule has 146 valence electrons. The molecule has 2 atom stereocenters. The third kappa shape index (κ3) is 5.30. The zero-order valence-corrected chi connectivity index (χ0v) is 18.2. The van der Waals surface area contributed by atoms with Gasteiger partial charge in [-0.3, -0.25) is 9.69 Å². The van der Waals surface area contributed by atoms with Crippen LogP contribution in [-0.2, 0) is 14.6 Å². The van der Waals surface area contributed by atoms with Crippen molar-refractivity contribution >= 4 is 31.7 Å². The Kier molecular flexibility index (Phi) is 7.67. The lowest BCUT2D eigenvalue weighted by molar-refractivity contribution is -0.134. The molecule has 0 spiro atoms. The minimum atomic E-state index is -3.00. The zero-order chi connectivity index (χ0) is 19.3. The molecule has 0 saturated carbocycles. The van der Waals surface area contributed by atoms with Gasteiger partial charge in [-0.2, -0.15) is 0 Å². The van der Waals surface area contributed by atoms with E-state index in [0.29, 0.717) is 19.5 Å². The van der Waals surface area contributed by atoms with E-state index >= 15 is 0 Å². The Hall–Kier alpha value is -0.920. The van der Waals surface area contributed by atoms with Gasteiger partial charge in [0.15, 0.2) is 9.84 Å². The van der Waals surface area contributed by atoms with E-state index in [0.717, 1.165) is 23.0 Å². The molecule has 2 rings (SSSR count). The topological polar surface area (TPSA) is 57.7 Å². The Balaban J connectivity index is 2.12. The summed E-state index contributed by atoms with van der Waals surface area (Å²) in [6.07, 6.45) is 1.50. The lowest BCUT2D eigenvalue weighted by Crippen LogP contribution is -2.46. The number of hydrogen-bond acceptors (Lipinski definition) is 4. The Morgan fingerprint density at radius 2 is 2.00 bits per heavy atom. The number of carbonyl (C=O) groups excluding carboxylic acids is 1. The van der Waals surface area contributed by atoms with Crippen LogP contribution in [0.25, 0.3) is 0 Å². The molecule has 0 aliphatic carbocycles. The predicted octanol–water partition coefficient (Wildman–Crippen LogP) is 3.26. The van der Waals surface area contributed by atoms with Gasteiger partial charge in [0.2, 0.25) is 5.91 Å². The molecule has 7 heteroatoms. The van der Waals surface area contributed by atoms with Crippen molar-refractivity contribution in [2.24, 2.45) is 0 Å². The molecule has 1 aliphatic heterocycles. The van der Waals surface area contributed by atoms with Crippen LogP contribution in [0.4, 0.5) is 0 Å². The van der Waals surface area contributed by atoms with Crippen LogP contribution < -0.4 is 0 Å². The Morgan fingerprint density at radius 3 is 2.54 bits per heavy atom. The van der Waals surface area contributed by atoms with Gasteiger partial charge in [0.25, 0.3) is 0 Å². The van der Waals surface area contributed by atoms with Crippen molar-refractivity contribution in [2.75, 3.05) is 31.1 Å². The monoisotopic (exact) mass is 444 g/mol. The van der Waals surface area contributed by atoms with E-state index in [1.807, 2.05) is 25.1 Å². The molecule has 0 radical (unpaired) electrons. The van der Waals surface area contributed by atoms with E-state index in [9.17, 15) is 13.2 Å². The van der Waals surface area contributed by atoms with Crippen LogP contribution in [0.15, 0.2) is 28.7 Å². The van der Waals surface area contributed by atoms with Crippen LogP contribution in [0.5, 0.6) is 0 Å². The average molecular weight is 445 g/mol. The molecule has 1 heterocycles. The summed E-state index contributed by atoms with van der Waals surface area (Å²) in [6, 6.07) is 7.99. The summed E-state index contributed by atoms with van der Waals surface area (Å²) in [5.74, 6) is 0.301. The summed E-state index contributed by atoms with van der Waals surface area (Å²) in [5, 5.41) is 0. The number of likely N-dealkylation sites (N-methyl/N-ethyl adjacent to an activating group) is 1. The lowest BCUT2D eigenvalue weighted by atomic mass is 10.1. The normalized spacial score (nSPS) is 20.3. The maximum atomic E-state index is 13.0. The number of nitrogens with zero attached hydrogens (tertiary/aromatic N) is 2. The number of sulfone groups is 1. The second kappa shape index (κ2) is 9.33. The predicted molar refractivity (Wildman–Crippen MR) is 109 cm³/mol. The zero-order valence-electron chi connectivity index (χ0n) is 15.8. The van der Waals surface area contributed by atoms with Gasteiger partial charge in [-0.05, 0) is 44.9 Å². The number of benzene rings is 1. The molecule has 1 aliphatic rings. The molecule has 0 bridgehead atoms. The van der Waals surface area contributed by atoms with Crippen molar-refractivity contribution in [1.29, 1.82) is 0 Å². The maximum absolute atomic E-state index is 13.0. The van der Waals surface area contributed by atoms with Gasteiger partial charge in [-0.15, -0.1) is 0 Å². The van der Waals surface area contributed by atoms with E-state index in [1.54, 1.807) is 4.90 Å². The maximum Gasteiger partial charge on any atom is 0.237 e.